The van der Waals surface area contributed by atoms with Gasteiger partial charge in [-0.1, -0.05) is 29.8 Å². The van der Waals surface area contributed by atoms with E-state index in [2.05, 4.69) is 4.98 Å². The Morgan fingerprint density at radius 3 is 2.36 bits per heavy atom. The van der Waals surface area contributed by atoms with Crippen LogP contribution in [0.4, 0.5) is 0 Å². The Balaban J connectivity index is 2.06. The average molecular weight is 380 g/mol. The normalized spacial score (nSPS) is 18.9. The zero-order chi connectivity index (χ0) is 20.3. The van der Waals surface area contributed by atoms with Gasteiger partial charge >= 0.3 is 0 Å². The van der Waals surface area contributed by atoms with E-state index in [9.17, 15) is 14.7 Å². The SMILES string of the molecule is Cc1ccc(/C(O)=C2\C(=O)C(=O)N(CCC[NH+](C)C)[C@@H]2c2ccncc2)cc1. The van der Waals surface area contributed by atoms with Crippen molar-refractivity contribution >= 4 is 17.4 Å². The summed E-state index contributed by atoms with van der Waals surface area (Å²) in [4.78, 5) is 32.5. The van der Waals surface area contributed by atoms with Crippen LogP contribution in [0.15, 0.2) is 54.4 Å². The van der Waals surface area contributed by atoms with E-state index in [1.165, 1.54) is 4.90 Å². The summed E-state index contributed by atoms with van der Waals surface area (Å²) in [6.07, 6.45) is 4.03. The third kappa shape index (κ3) is 3.97. The van der Waals surface area contributed by atoms with Gasteiger partial charge in [0.15, 0.2) is 0 Å². The Kier molecular flexibility index (Phi) is 5.90. The molecule has 0 radical (unpaired) electrons. The zero-order valence-corrected chi connectivity index (χ0v) is 16.5. The molecule has 1 aromatic heterocycles. The fraction of sp³-hybridized carbons (Fsp3) is 0.318. The zero-order valence-electron chi connectivity index (χ0n) is 16.5. The Morgan fingerprint density at radius 1 is 1.11 bits per heavy atom. The van der Waals surface area contributed by atoms with Crippen LogP contribution >= 0.6 is 0 Å². The molecule has 2 N–H and O–H groups in total. The summed E-state index contributed by atoms with van der Waals surface area (Å²) in [5.74, 6) is -1.35. The average Bonchev–Trinajstić information content (AvgIpc) is 2.93. The van der Waals surface area contributed by atoms with Crippen LogP contribution in [0.3, 0.4) is 0 Å². The van der Waals surface area contributed by atoms with Crippen molar-refractivity contribution in [3.05, 3.63) is 71.1 Å². The molecule has 146 valence electrons. The number of nitrogens with zero attached hydrogens (tertiary/aromatic N) is 2. The van der Waals surface area contributed by atoms with Crippen molar-refractivity contribution in [2.75, 3.05) is 27.2 Å². The quantitative estimate of drug-likeness (QED) is 0.451. The van der Waals surface area contributed by atoms with Gasteiger partial charge in [-0.25, -0.2) is 0 Å². The predicted octanol–water partition coefficient (Wildman–Crippen LogP) is 1.35. The number of Topliss-reactive ketones (excluding diaryl/α,β-unsaturated/α-hetero) is 1. The first-order valence-electron chi connectivity index (χ1n) is 9.44. The van der Waals surface area contributed by atoms with Crippen molar-refractivity contribution < 1.29 is 19.6 Å². The lowest BCUT2D eigenvalue weighted by Crippen LogP contribution is -3.05. The smallest absolute Gasteiger partial charge is 0.295 e. The van der Waals surface area contributed by atoms with Crippen molar-refractivity contribution in [3.8, 4) is 0 Å². The topological polar surface area (TPSA) is 74.9 Å². The van der Waals surface area contributed by atoms with Crippen LogP contribution < -0.4 is 4.90 Å². The van der Waals surface area contributed by atoms with Crippen molar-refractivity contribution in [1.82, 2.24) is 9.88 Å². The first-order valence-corrected chi connectivity index (χ1v) is 9.44. The van der Waals surface area contributed by atoms with Crippen molar-refractivity contribution in [2.45, 2.75) is 19.4 Å². The molecule has 0 saturated carbocycles. The third-order valence-corrected chi connectivity index (χ3v) is 4.96. The number of aryl methyl sites for hydroxylation is 1. The molecule has 1 fully saturated rings. The highest BCUT2D eigenvalue weighted by molar-refractivity contribution is 6.46. The number of benzene rings is 1. The fourth-order valence-electron chi connectivity index (χ4n) is 3.47. The van der Waals surface area contributed by atoms with Crippen LogP contribution in [0, 0.1) is 6.92 Å². The molecule has 3 rings (SSSR count). The number of aliphatic hydroxyl groups is 1. The molecule has 0 unspecified atom stereocenters. The number of quaternary nitrogens is 1. The summed E-state index contributed by atoms with van der Waals surface area (Å²) in [5, 5.41) is 10.9. The highest BCUT2D eigenvalue weighted by Crippen LogP contribution is 2.39. The Bertz CT molecular complexity index is 889. The van der Waals surface area contributed by atoms with Crippen molar-refractivity contribution in [3.63, 3.8) is 0 Å². The maximum atomic E-state index is 12.8. The molecular weight excluding hydrogens is 354 g/mol. The van der Waals surface area contributed by atoms with Gasteiger partial charge in [-0.15, -0.1) is 0 Å². The monoisotopic (exact) mass is 380 g/mol. The minimum absolute atomic E-state index is 0.136. The van der Waals surface area contributed by atoms with E-state index in [1.54, 1.807) is 41.6 Å². The van der Waals surface area contributed by atoms with E-state index in [1.807, 2.05) is 33.2 Å². The molecule has 0 aliphatic carbocycles. The molecule has 1 saturated heterocycles. The summed E-state index contributed by atoms with van der Waals surface area (Å²) in [6.45, 7) is 3.28. The van der Waals surface area contributed by atoms with Crippen molar-refractivity contribution in [1.29, 1.82) is 0 Å². The van der Waals surface area contributed by atoms with Gasteiger partial charge in [0, 0.05) is 30.9 Å². The summed E-state index contributed by atoms with van der Waals surface area (Å²) in [6, 6.07) is 10.2. The van der Waals surface area contributed by atoms with Gasteiger partial charge in [0.25, 0.3) is 11.7 Å². The lowest BCUT2D eigenvalue weighted by Gasteiger charge is -2.25. The second-order valence-corrected chi connectivity index (χ2v) is 7.45. The number of hydrogen-bond donors (Lipinski definition) is 2. The van der Waals surface area contributed by atoms with Crippen LogP contribution in [0.2, 0.25) is 0 Å². The Morgan fingerprint density at radius 2 is 1.75 bits per heavy atom. The molecule has 1 atom stereocenters. The first-order chi connectivity index (χ1) is 13.4. The largest absolute Gasteiger partial charge is 0.507 e. The number of rotatable bonds is 6. The molecule has 0 bridgehead atoms. The highest BCUT2D eigenvalue weighted by atomic mass is 16.3. The maximum absolute atomic E-state index is 12.8. The number of likely N-dealkylation sites (tertiary alicyclic amines) is 1. The standard InChI is InChI=1S/C22H25N3O3/c1-15-5-7-17(8-6-15)20(26)18-19(16-9-11-23-12-10-16)25(22(28)21(18)27)14-4-13-24(2)3/h5-12,19,26H,4,13-14H2,1-3H3/p+1/b20-18+/t19-/m1/s1. The fourth-order valence-corrected chi connectivity index (χ4v) is 3.47. The van der Waals surface area contributed by atoms with E-state index < -0.39 is 17.7 Å². The molecule has 6 nitrogen and oxygen atoms in total. The number of carbonyl (C=O) groups excluding carboxylic acids is 2. The maximum Gasteiger partial charge on any atom is 0.295 e. The molecule has 1 aliphatic heterocycles. The number of aliphatic hydroxyl groups excluding tert-OH is 1. The molecule has 6 heteroatoms. The molecule has 1 aliphatic rings. The van der Waals surface area contributed by atoms with E-state index in [-0.39, 0.29) is 11.3 Å². The van der Waals surface area contributed by atoms with Gasteiger partial charge in [-0.05, 0) is 24.6 Å². The minimum Gasteiger partial charge on any atom is -0.507 e. The van der Waals surface area contributed by atoms with Crippen molar-refractivity contribution in [2.24, 2.45) is 0 Å². The van der Waals surface area contributed by atoms with Gasteiger partial charge in [0.1, 0.15) is 5.76 Å². The number of nitrogens with one attached hydrogen (secondary N) is 1. The summed E-state index contributed by atoms with van der Waals surface area (Å²) >= 11 is 0. The molecule has 1 aromatic carbocycles. The lowest BCUT2D eigenvalue weighted by molar-refractivity contribution is -0.858. The summed E-state index contributed by atoms with van der Waals surface area (Å²) in [7, 11) is 4.09. The number of pyridine rings is 1. The number of carbonyl (C=O) groups is 2. The molecule has 1 amide bonds. The van der Waals surface area contributed by atoms with Gasteiger partial charge in [0.2, 0.25) is 0 Å². The van der Waals surface area contributed by atoms with Crippen LogP contribution in [0.25, 0.3) is 5.76 Å². The van der Waals surface area contributed by atoms with E-state index in [0.29, 0.717) is 12.1 Å². The molecule has 0 spiro atoms. The van der Waals surface area contributed by atoms with Gasteiger partial charge in [0.05, 0.1) is 32.3 Å². The van der Waals surface area contributed by atoms with Gasteiger partial charge < -0.3 is 14.9 Å². The lowest BCUT2D eigenvalue weighted by atomic mass is 9.95. The molecule has 28 heavy (non-hydrogen) atoms. The van der Waals surface area contributed by atoms with Crippen LogP contribution in [0.5, 0.6) is 0 Å². The van der Waals surface area contributed by atoms with Crippen LogP contribution in [-0.4, -0.2) is 53.9 Å². The Labute approximate surface area is 165 Å². The third-order valence-electron chi connectivity index (χ3n) is 4.96. The van der Waals surface area contributed by atoms with Crippen LogP contribution in [-0.2, 0) is 9.59 Å². The van der Waals surface area contributed by atoms with E-state index in [4.69, 9.17) is 0 Å². The van der Waals surface area contributed by atoms with Gasteiger partial charge in [-0.3, -0.25) is 14.6 Å². The first kappa shape index (κ1) is 19.8. The summed E-state index contributed by atoms with van der Waals surface area (Å²) in [5.41, 5.74) is 2.48. The van der Waals surface area contributed by atoms with E-state index >= 15 is 0 Å². The number of hydrogen-bond acceptors (Lipinski definition) is 4. The predicted molar refractivity (Wildman–Crippen MR) is 107 cm³/mol. The second-order valence-electron chi connectivity index (χ2n) is 7.45. The molecular formula is C22H26N3O3+. The Hall–Kier alpha value is -2.99. The van der Waals surface area contributed by atoms with E-state index in [0.717, 1.165) is 24.1 Å². The minimum atomic E-state index is -0.642. The van der Waals surface area contributed by atoms with Crippen LogP contribution in [0.1, 0.15) is 29.2 Å². The number of ketones is 1. The second kappa shape index (κ2) is 8.35. The molecule has 2 aromatic rings. The van der Waals surface area contributed by atoms with Gasteiger partial charge in [-0.2, -0.15) is 0 Å². The highest BCUT2D eigenvalue weighted by Gasteiger charge is 2.45. The number of amides is 1. The number of aromatic nitrogens is 1. The summed E-state index contributed by atoms with van der Waals surface area (Å²) < 4.78 is 0. The molecule has 2 heterocycles.